The van der Waals surface area contributed by atoms with Crippen molar-refractivity contribution in [2.45, 2.75) is 52.2 Å². The largest absolute Gasteiger partial charge is 0.481 e. The molecular formula is C16H27ClN2O2. The van der Waals surface area contributed by atoms with Gasteiger partial charge in [0.1, 0.15) is 5.75 Å². The lowest BCUT2D eigenvalue weighted by Gasteiger charge is -2.21. The Bertz CT molecular complexity index is 456. The van der Waals surface area contributed by atoms with Crippen LogP contribution in [0.2, 0.25) is 0 Å². The minimum atomic E-state index is -0.542. The fourth-order valence-electron chi connectivity index (χ4n) is 1.66. The first-order valence-electron chi connectivity index (χ1n) is 7.02. The van der Waals surface area contributed by atoms with Gasteiger partial charge in [-0.05, 0) is 44.4 Å². The molecule has 21 heavy (non-hydrogen) atoms. The lowest BCUT2D eigenvalue weighted by atomic mass is 10.0. The Kier molecular flexibility index (Phi) is 7.75. The summed E-state index contributed by atoms with van der Waals surface area (Å²) in [6, 6.07) is 7.83. The van der Waals surface area contributed by atoms with Crippen molar-refractivity contribution in [3.8, 4) is 5.75 Å². The second-order valence-electron chi connectivity index (χ2n) is 6.19. The number of nitrogens with one attached hydrogen (secondary N) is 1. The molecule has 0 aromatic heterocycles. The molecule has 5 heteroatoms. The van der Waals surface area contributed by atoms with Gasteiger partial charge < -0.3 is 15.8 Å². The van der Waals surface area contributed by atoms with Crippen molar-refractivity contribution in [1.29, 1.82) is 0 Å². The highest BCUT2D eigenvalue weighted by Crippen LogP contribution is 2.20. The summed E-state index contributed by atoms with van der Waals surface area (Å²) in [6.07, 6.45) is -0.542. The summed E-state index contributed by atoms with van der Waals surface area (Å²) >= 11 is 0. The normalized spacial score (nSPS) is 12.5. The lowest BCUT2D eigenvalue weighted by molar-refractivity contribution is -0.127. The molecule has 0 aliphatic heterocycles. The highest BCUT2D eigenvalue weighted by molar-refractivity contribution is 5.85. The van der Waals surface area contributed by atoms with Crippen molar-refractivity contribution in [3.63, 3.8) is 0 Å². The third-order valence-electron chi connectivity index (χ3n) is 2.93. The molecule has 0 bridgehead atoms. The second kappa shape index (κ2) is 8.25. The fourth-order valence-corrected chi connectivity index (χ4v) is 1.66. The van der Waals surface area contributed by atoms with Crippen molar-refractivity contribution in [3.05, 3.63) is 29.8 Å². The Hall–Kier alpha value is -1.26. The van der Waals surface area contributed by atoms with E-state index >= 15 is 0 Å². The first kappa shape index (κ1) is 19.7. The molecule has 120 valence electrons. The van der Waals surface area contributed by atoms with Crippen LogP contribution in [0.25, 0.3) is 0 Å². The minimum Gasteiger partial charge on any atom is -0.481 e. The zero-order chi connectivity index (χ0) is 15.3. The molecule has 0 radical (unpaired) electrons. The van der Waals surface area contributed by atoms with Gasteiger partial charge in [0.25, 0.3) is 5.91 Å². The molecule has 0 spiro atoms. The van der Waals surface area contributed by atoms with Crippen molar-refractivity contribution >= 4 is 18.3 Å². The van der Waals surface area contributed by atoms with Crippen LogP contribution in [0.15, 0.2) is 24.3 Å². The van der Waals surface area contributed by atoms with E-state index in [9.17, 15) is 4.79 Å². The van der Waals surface area contributed by atoms with E-state index in [0.29, 0.717) is 18.2 Å². The molecule has 1 unspecified atom stereocenters. The van der Waals surface area contributed by atoms with E-state index in [-0.39, 0.29) is 18.3 Å². The van der Waals surface area contributed by atoms with E-state index in [2.05, 4.69) is 25.2 Å². The maximum atomic E-state index is 11.9. The number of halogens is 1. The Labute approximate surface area is 133 Å². The zero-order valence-electron chi connectivity index (χ0n) is 13.5. The molecule has 1 rings (SSSR count). The average molecular weight is 315 g/mol. The van der Waals surface area contributed by atoms with Gasteiger partial charge in [-0.3, -0.25) is 4.79 Å². The summed E-state index contributed by atoms with van der Waals surface area (Å²) in [5, 5.41) is 2.79. The number of hydrogen-bond donors (Lipinski definition) is 2. The molecule has 0 saturated heterocycles. The highest BCUT2D eigenvalue weighted by atomic mass is 35.5. The van der Waals surface area contributed by atoms with Gasteiger partial charge in [0.15, 0.2) is 6.10 Å². The molecule has 1 aromatic carbocycles. The van der Waals surface area contributed by atoms with Crippen LogP contribution < -0.4 is 15.8 Å². The zero-order valence-corrected chi connectivity index (χ0v) is 14.3. The highest BCUT2D eigenvalue weighted by Gasteiger charge is 2.18. The molecule has 0 aliphatic carbocycles. The first-order valence-corrected chi connectivity index (χ1v) is 7.02. The van der Waals surface area contributed by atoms with Crippen LogP contribution in [0.3, 0.4) is 0 Å². The van der Waals surface area contributed by atoms with Crippen LogP contribution in [0, 0.1) is 0 Å². The summed E-state index contributed by atoms with van der Waals surface area (Å²) in [6.45, 7) is 10.1. The molecule has 0 saturated carbocycles. The third-order valence-corrected chi connectivity index (χ3v) is 2.93. The molecule has 0 heterocycles. The number of hydrogen-bond acceptors (Lipinski definition) is 3. The SMILES string of the molecule is CC(Oc1cccc(C(C)C)c1)C(=O)NCC(C)(C)N.Cl. The van der Waals surface area contributed by atoms with Gasteiger partial charge in [0, 0.05) is 12.1 Å². The smallest absolute Gasteiger partial charge is 0.260 e. The standard InChI is InChI=1S/C16H26N2O2.ClH/c1-11(2)13-7-6-8-14(9-13)20-12(3)15(19)18-10-16(4,5)17;/h6-9,11-12H,10,17H2,1-5H3,(H,18,19);1H. The van der Waals surface area contributed by atoms with Crippen LogP contribution in [0.5, 0.6) is 5.75 Å². The van der Waals surface area contributed by atoms with Crippen LogP contribution in [-0.4, -0.2) is 24.1 Å². The number of rotatable bonds is 6. The number of amides is 1. The second-order valence-corrected chi connectivity index (χ2v) is 6.19. The first-order chi connectivity index (χ1) is 9.19. The van der Waals surface area contributed by atoms with Gasteiger partial charge >= 0.3 is 0 Å². The van der Waals surface area contributed by atoms with Crippen molar-refractivity contribution < 1.29 is 9.53 Å². The van der Waals surface area contributed by atoms with Gasteiger partial charge in [0.2, 0.25) is 0 Å². The molecule has 3 N–H and O–H groups in total. The number of carbonyl (C=O) groups excluding carboxylic acids is 1. The molecule has 1 aromatic rings. The molecule has 0 aliphatic rings. The maximum absolute atomic E-state index is 11.9. The topological polar surface area (TPSA) is 64.3 Å². The van der Waals surface area contributed by atoms with Gasteiger partial charge in [-0.2, -0.15) is 0 Å². The van der Waals surface area contributed by atoms with Gasteiger partial charge in [-0.25, -0.2) is 0 Å². The van der Waals surface area contributed by atoms with E-state index in [0.717, 1.165) is 0 Å². The van der Waals surface area contributed by atoms with Crippen LogP contribution in [0.1, 0.15) is 46.1 Å². The van der Waals surface area contributed by atoms with Crippen molar-refractivity contribution in [2.75, 3.05) is 6.54 Å². The number of carbonyl (C=O) groups is 1. The number of benzene rings is 1. The number of nitrogens with two attached hydrogens (primary N) is 1. The summed E-state index contributed by atoms with van der Waals surface area (Å²) in [5.74, 6) is 0.991. The van der Waals surface area contributed by atoms with Gasteiger partial charge in [-0.15, -0.1) is 12.4 Å². The maximum Gasteiger partial charge on any atom is 0.260 e. The van der Waals surface area contributed by atoms with Crippen molar-refractivity contribution in [1.82, 2.24) is 5.32 Å². The van der Waals surface area contributed by atoms with Gasteiger partial charge in [0.05, 0.1) is 0 Å². The van der Waals surface area contributed by atoms with E-state index in [1.807, 2.05) is 32.0 Å². The van der Waals surface area contributed by atoms with Crippen LogP contribution in [0.4, 0.5) is 0 Å². The quantitative estimate of drug-likeness (QED) is 0.848. The van der Waals surface area contributed by atoms with E-state index in [1.165, 1.54) is 5.56 Å². The Morgan fingerprint density at radius 2 is 1.95 bits per heavy atom. The molecule has 4 nitrogen and oxygen atoms in total. The van der Waals surface area contributed by atoms with Crippen LogP contribution >= 0.6 is 12.4 Å². The third kappa shape index (κ3) is 7.34. The summed E-state index contributed by atoms with van der Waals surface area (Å²) in [5.41, 5.74) is 6.60. The van der Waals surface area contributed by atoms with Crippen LogP contribution in [-0.2, 0) is 4.79 Å². The summed E-state index contributed by atoms with van der Waals surface area (Å²) in [7, 11) is 0. The van der Waals surface area contributed by atoms with Crippen molar-refractivity contribution in [2.24, 2.45) is 5.73 Å². The monoisotopic (exact) mass is 314 g/mol. The fraction of sp³-hybridized carbons (Fsp3) is 0.562. The lowest BCUT2D eigenvalue weighted by Crippen LogP contribution is -2.48. The van der Waals surface area contributed by atoms with E-state index in [4.69, 9.17) is 10.5 Å². The predicted molar refractivity (Wildman–Crippen MR) is 89.1 cm³/mol. The van der Waals surface area contributed by atoms with E-state index < -0.39 is 11.6 Å². The molecule has 1 atom stereocenters. The summed E-state index contributed by atoms with van der Waals surface area (Å²) < 4.78 is 5.68. The Morgan fingerprint density at radius 3 is 2.48 bits per heavy atom. The Balaban J connectivity index is 0.00000400. The molecule has 0 fully saturated rings. The van der Waals surface area contributed by atoms with E-state index in [1.54, 1.807) is 6.92 Å². The van der Waals surface area contributed by atoms with Gasteiger partial charge in [-0.1, -0.05) is 26.0 Å². The summed E-state index contributed by atoms with van der Waals surface area (Å²) in [4.78, 5) is 11.9. The average Bonchev–Trinajstić information content (AvgIpc) is 2.35. The number of ether oxygens (including phenoxy) is 1. The minimum absolute atomic E-state index is 0. The Morgan fingerprint density at radius 1 is 1.33 bits per heavy atom. The molecule has 1 amide bonds. The predicted octanol–water partition coefficient (Wildman–Crippen LogP) is 2.85. The molecular weight excluding hydrogens is 288 g/mol.